The average molecular weight is 479 g/mol. The van der Waals surface area contributed by atoms with Gasteiger partial charge in [-0.15, -0.1) is 0 Å². The topological polar surface area (TPSA) is 118 Å². The predicted molar refractivity (Wildman–Crippen MR) is 130 cm³/mol. The molecule has 0 aliphatic heterocycles. The van der Waals surface area contributed by atoms with Crippen LogP contribution in [-0.4, -0.2) is 60.8 Å². The van der Waals surface area contributed by atoms with E-state index in [2.05, 4.69) is 20.8 Å². The third-order valence-corrected chi connectivity index (χ3v) is 11.2. The first kappa shape index (κ1) is 26.3. The Morgan fingerprint density at radius 2 is 1.74 bits per heavy atom. The summed E-state index contributed by atoms with van der Waals surface area (Å²) in [6.07, 6.45) is 2.51. The molecule has 5 N–H and O–H groups in total. The molecule has 6 heteroatoms. The summed E-state index contributed by atoms with van der Waals surface area (Å²) in [6, 6.07) is 0. The minimum atomic E-state index is -1.36. The summed E-state index contributed by atoms with van der Waals surface area (Å²) in [7, 11) is 0. The molecule has 0 saturated heterocycles. The first-order valence-corrected chi connectivity index (χ1v) is 13.3. The molecular weight excluding hydrogens is 432 g/mol. The largest absolute Gasteiger partial charge is 0.390 e. The van der Waals surface area contributed by atoms with Crippen molar-refractivity contribution in [3.05, 3.63) is 11.6 Å². The molecule has 0 aromatic carbocycles. The first-order valence-electron chi connectivity index (χ1n) is 13.3. The van der Waals surface area contributed by atoms with Gasteiger partial charge in [-0.1, -0.05) is 34.6 Å². The Bertz CT molecular complexity index is 850. The summed E-state index contributed by atoms with van der Waals surface area (Å²) in [5.74, 6) is -0.126. The van der Waals surface area contributed by atoms with Gasteiger partial charge >= 0.3 is 0 Å². The van der Waals surface area contributed by atoms with Crippen molar-refractivity contribution in [3.63, 3.8) is 0 Å². The Morgan fingerprint density at radius 1 is 1.09 bits per heavy atom. The van der Waals surface area contributed by atoms with E-state index in [0.29, 0.717) is 38.0 Å². The summed E-state index contributed by atoms with van der Waals surface area (Å²) in [5, 5.41) is 55.8. The van der Waals surface area contributed by atoms with Crippen molar-refractivity contribution in [3.8, 4) is 0 Å². The zero-order valence-corrected chi connectivity index (χ0v) is 21.8. The Balaban J connectivity index is 1.68. The second-order valence-corrected chi connectivity index (χ2v) is 13.3. The van der Waals surface area contributed by atoms with Crippen molar-refractivity contribution in [2.45, 2.75) is 116 Å². The van der Waals surface area contributed by atoms with E-state index in [0.717, 1.165) is 12.0 Å². The summed E-state index contributed by atoms with van der Waals surface area (Å²) in [4.78, 5) is 13.3. The number of rotatable bonds is 5. The molecule has 3 fully saturated rings. The van der Waals surface area contributed by atoms with Crippen LogP contribution >= 0.6 is 0 Å². The highest BCUT2D eigenvalue weighted by Crippen LogP contribution is 2.68. The zero-order valence-electron chi connectivity index (χ0n) is 21.8. The van der Waals surface area contributed by atoms with E-state index in [-0.39, 0.29) is 35.9 Å². The van der Waals surface area contributed by atoms with E-state index in [4.69, 9.17) is 0 Å². The number of fused-ring (bicyclic) bond motifs is 5. The Morgan fingerprint density at radius 3 is 2.35 bits per heavy atom. The van der Waals surface area contributed by atoms with E-state index in [1.807, 2.05) is 13.8 Å². The van der Waals surface area contributed by atoms with E-state index >= 15 is 0 Å². The number of aliphatic hydroxyl groups excluding tert-OH is 3. The summed E-state index contributed by atoms with van der Waals surface area (Å²) < 4.78 is 0. The van der Waals surface area contributed by atoms with Gasteiger partial charge in [0.05, 0.1) is 29.5 Å². The molecule has 6 nitrogen and oxygen atoms in total. The number of hydrogen-bond donors (Lipinski definition) is 5. The summed E-state index contributed by atoms with van der Waals surface area (Å²) in [5.41, 5.74) is -3.03. The lowest BCUT2D eigenvalue weighted by Crippen LogP contribution is -2.62. The van der Waals surface area contributed by atoms with Crippen LogP contribution in [0.5, 0.6) is 0 Å². The quantitative estimate of drug-likeness (QED) is 0.415. The Hall–Kier alpha value is -0.790. The smallest absolute Gasteiger partial charge is 0.159 e. The molecular formula is C28H46O6. The number of aliphatic hydroxyl groups is 5. The molecule has 11 atom stereocenters. The van der Waals surface area contributed by atoms with Gasteiger partial charge < -0.3 is 25.5 Å². The minimum Gasteiger partial charge on any atom is -0.390 e. The van der Waals surface area contributed by atoms with Gasteiger partial charge in [-0.25, -0.2) is 0 Å². The van der Waals surface area contributed by atoms with Gasteiger partial charge in [0.2, 0.25) is 0 Å². The Kier molecular flexibility index (Phi) is 6.47. The Labute approximate surface area is 204 Å². The number of allylic oxidation sites excluding steroid dienone is 1. The lowest BCUT2D eigenvalue weighted by Gasteiger charge is -2.60. The van der Waals surface area contributed by atoms with Gasteiger partial charge in [0, 0.05) is 11.3 Å². The van der Waals surface area contributed by atoms with Crippen molar-refractivity contribution >= 4 is 5.78 Å². The minimum absolute atomic E-state index is 0.0509. The van der Waals surface area contributed by atoms with Gasteiger partial charge in [-0.3, -0.25) is 4.79 Å². The molecule has 4 aliphatic rings. The lowest BCUT2D eigenvalue weighted by molar-refractivity contribution is -0.177. The van der Waals surface area contributed by atoms with Gasteiger partial charge in [-0.2, -0.15) is 0 Å². The zero-order chi connectivity index (χ0) is 25.4. The second-order valence-electron chi connectivity index (χ2n) is 13.3. The van der Waals surface area contributed by atoms with Crippen molar-refractivity contribution in [1.29, 1.82) is 0 Å². The highest BCUT2D eigenvalue weighted by Gasteiger charge is 2.69. The molecule has 0 radical (unpaired) electrons. The van der Waals surface area contributed by atoms with Crippen LogP contribution in [0.4, 0.5) is 0 Å². The van der Waals surface area contributed by atoms with Crippen LogP contribution in [0.3, 0.4) is 0 Å². The highest BCUT2D eigenvalue weighted by atomic mass is 16.3. The van der Waals surface area contributed by atoms with Crippen LogP contribution in [0.2, 0.25) is 0 Å². The first-order chi connectivity index (χ1) is 15.6. The molecule has 0 heterocycles. The van der Waals surface area contributed by atoms with Gasteiger partial charge in [0.1, 0.15) is 0 Å². The van der Waals surface area contributed by atoms with E-state index in [1.54, 1.807) is 13.0 Å². The third-order valence-electron chi connectivity index (χ3n) is 11.2. The lowest BCUT2D eigenvalue weighted by atomic mass is 9.45. The van der Waals surface area contributed by atoms with Crippen LogP contribution in [0.1, 0.15) is 86.5 Å². The number of carbonyl (C=O) groups is 1. The highest BCUT2D eigenvalue weighted by molar-refractivity contribution is 5.95. The monoisotopic (exact) mass is 478 g/mol. The normalized spacial score (nSPS) is 47.8. The molecule has 0 unspecified atom stereocenters. The summed E-state index contributed by atoms with van der Waals surface area (Å²) in [6.45, 7) is 12.1. The van der Waals surface area contributed by atoms with Crippen LogP contribution in [0, 0.1) is 40.4 Å². The van der Waals surface area contributed by atoms with E-state index in [9.17, 15) is 30.3 Å². The van der Waals surface area contributed by atoms with Crippen molar-refractivity contribution in [2.24, 2.45) is 40.4 Å². The third kappa shape index (κ3) is 3.58. The van der Waals surface area contributed by atoms with Crippen molar-refractivity contribution in [2.75, 3.05) is 0 Å². The van der Waals surface area contributed by atoms with Crippen LogP contribution in [-0.2, 0) is 4.79 Å². The van der Waals surface area contributed by atoms with Crippen LogP contribution in [0.15, 0.2) is 11.6 Å². The maximum Gasteiger partial charge on any atom is 0.159 e. The van der Waals surface area contributed by atoms with Crippen LogP contribution < -0.4 is 0 Å². The molecule has 3 saturated carbocycles. The standard InChI is InChI=1S/C28H46O6/c1-15(2)16(3)11-24(32)27(6,33)23-8-10-28(34)18-12-20(29)19-13-21(30)22(31)14-25(19,4)17(18)7-9-26(23,28)5/h12,15-17,19,21-24,30-34H,7-11,13-14H2,1-6H3/t16-,17-,19-,21+,22-,23-,24+,25+,26+,27+,28+/m0/s1. The fourth-order valence-corrected chi connectivity index (χ4v) is 8.40. The SMILES string of the molecule is CC(C)[C@@H](C)C[C@@H](O)[C@](C)(O)[C@H]1CC[C@@]2(O)C3=CC(=O)[C@@H]4C[C@@H](O)[C@@H](O)C[C@]4(C)[C@H]3CC[C@]12C. The maximum absolute atomic E-state index is 13.3. The van der Waals surface area contributed by atoms with E-state index in [1.165, 1.54) is 0 Å². The fourth-order valence-electron chi connectivity index (χ4n) is 8.40. The molecule has 0 amide bonds. The van der Waals surface area contributed by atoms with Gasteiger partial charge in [0.25, 0.3) is 0 Å². The number of ketones is 1. The molecule has 0 aromatic rings. The van der Waals surface area contributed by atoms with Gasteiger partial charge in [-0.05, 0) is 92.6 Å². The number of carbonyl (C=O) groups excluding carboxylic acids is 1. The molecule has 34 heavy (non-hydrogen) atoms. The molecule has 4 rings (SSSR count). The molecule has 4 aliphatic carbocycles. The van der Waals surface area contributed by atoms with Crippen molar-refractivity contribution in [1.82, 2.24) is 0 Å². The van der Waals surface area contributed by atoms with E-state index < -0.39 is 40.3 Å². The molecule has 0 spiro atoms. The predicted octanol–water partition coefficient (Wildman–Crippen LogP) is 2.99. The molecule has 0 aromatic heterocycles. The number of hydrogen-bond acceptors (Lipinski definition) is 6. The second kappa shape index (κ2) is 8.37. The molecule has 0 bridgehead atoms. The van der Waals surface area contributed by atoms with Gasteiger partial charge in [0.15, 0.2) is 5.78 Å². The fraction of sp³-hybridized carbons (Fsp3) is 0.893. The van der Waals surface area contributed by atoms with Crippen molar-refractivity contribution < 1.29 is 30.3 Å². The summed E-state index contributed by atoms with van der Waals surface area (Å²) >= 11 is 0. The average Bonchev–Trinajstić information content (AvgIpc) is 3.02. The molecule has 194 valence electrons. The maximum atomic E-state index is 13.3. The van der Waals surface area contributed by atoms with Crippen LogP contribution in [0.25, 0.3) is 0 Å².